The summed E-state index contributed by atoms with van der Waals surface area (Å²) in [5, 5.41) is 5.63. The van der Waals surface area contributed by atoms with Crippen LogP contribution < -0.4 is 20.1 Å². The number of benzene rings is 1. The second kappa shape index (κ2) is 13.6. The minimum atomic E-state index is -0.685. The summed E-state index contributed by atoms with van der Waals surface area (Å²) in [4.78, 5) is 46.1. The van der Waals surface area contributed by atoms with Crippen LogP contribution in [0.4, 0.5) is 0 Å². The summed E-state index contributed by atoms with van der Waals surface area (Å²) in [6.07, 6.45) is 4.11. The largest absolute Gasteiger partial charge is 0.493 e. The summed E-state index contributed by atoms with van der Waals surface area (Å²) in [5.41, 5.74) is 1.29. The quantitative estimate of drug-likeness (QED) is 0.592. The van der Waals surface area contributed by atoms with Gasteiger partial charge in [-0.1, -0.05) is 0 Å². The first-order valence-electron chi connectivity index (χ1n) is 12.5. The van der Waals surface area contributed by atoms with Gasteiger partial charge in [0.1, 0.15) is 12.3 Å². The van der Waals surface area contributed by atoms with Gasteiger partial charge in [0, 0.05) is 45.7 Å². The fourth-order valence-corrected chi connectivity index (χ4v) is 4.13. The highest BCUT2D eigenvalue weighted by molar-refractivity contribution is 5.95. The molecule has 0 radical (unpaired) electrons. The van der Waals surface area contributed by atoms with E-state index in [1.54, 1.807) is 43.3 Å². The van der Waals surface area contributed by atoms with Crippen molar-refractivity contribution in [3.63, 3.8) is 0 Å². The number of methoxy groups -OCH3 is 1. The molecule has 3 heterocycles. The van der Waals surface area contributed by atoms with Crippen molar-refractivity contribution in [3.8, 4) is 11.5 Å². The third-order valence-corrected chi connectivity index (χ3v) is 6.12. The Labute approximate surface area is 217 Å². The fraction of sp³-hybridized carbons (Fsp3) is 0.538. The van der Waals surface area contributed by atoms with E-state index in [-0.39, 0.29) is 18.4 Å². The summed E-state index contributed by atoms with van der Waals surface area (Å²) in [6, 6.07) is 4.10. The zero-order valence-electron chi connectivity index (χ0n) is 22.0. The van der Waals surface area contributed by atoms with E-state index in [9.17, 15) is 14.4 Å². The summed E-state index contributed by atoms with van der Waals surface area (Å²) < 4.78 is 16.3. The van der Waals surface area contributed by atoms with E-state index in [0.717, 1.165) is 38.0 Å². The zero-order valence-corrected chi connectivity index (χ0v) is 22.0. The number of aromatic nitrogens is 1. The molecule has 0 saturated carbocycles. The Bertz CT molecular complexity index is 1070. The first-order chi connectivity index (χ1) is 17.8. The number of likely N-dealkylation sites (N-methyl/N-ethyl adjacent to an activating group) is 1. The molecule has 11 nitrogen and oxygen atoms in total. The molecule has 1 aromatic heterocycles. The second-order valence-corrected chi connectivity index (χ2v) is 9.15. The molecule has 4 rings (SSSR count). The maximum atomic E-state index is 12.7. The minimum absolute atomic E-state index is 0.166. The Morgan fingerprint density at radius 3 is 2.62 bits per heavy atom. The fourth-order valence-electron chi connectivity index (χ4n) is 4.13. The van der Waals surface area contributed by atoms with E-state index in [1.165, 1.54) is 7.11 Å². The molecule has 0 fully saturated rings. The van der Waals surface area contributed by atoms with Gasteiger partial charge < -0.3 is 29.4 Å². The van der Waals surface area contributed by atoms with E-state index in [4.69, 9.17) is 13.9 Å². The number of nitrogens with one attached hydrogen (secondary N) is 2. The number of hydrogen-bond donors (Lipinski definition) is 2. The third-order valence-electron chi connectivity index (χ3n) is 6.12. The first-order valence-corrected chi connectivity index (χ1v) is 12.5. The van der Waals surface area contributed by atoms with Crippen LogP contribution in [0, 0.1) is 6.92 Å². The van der Waals surface area contributed by atoms with Crippen LogP contribution in [0.25, 0.3) is 0 Å². The van der Waals surface area contributed by atoms with Gasteiger partial charge in [-0.3, -0.25) is 19.3 Å². The predicted molar refractivity (Wildman–Crippen MR) is 136 cm³/mol. The molecule has 11 heteroatoms. The summed E-state index contributed by atoms with van der Waals surface area (Å²) in [5.74, 6) is 0.476. The Morgan fingerprint density at radius 2 is 1.89 bits per heavy atom. The van der Waals surface area contributed by atoms with E-state index in [2.05, 4.69) is 20.5 Å². The molecule has 1 atom stereocenters. The van der Waals surface area contributed by atoms with Crippen LogP contribution in [0.5, 0.6) is 11.5 Å². The molecule has 1 aromatic carbocycles. The Balaban J connectivity index is 1.72. The first kappa shape index (κ1) is 28.0. The van der Waals surface area contributed by atoms with E-state index < -0.39 is 11.9 Å². The van der Waals surface area contributed by atoms with Gasteiger partial charge in [0.05, 0.1) is 12.8 Å². The molecule has 2 N–H and O–H groups in total. The minimum Gasteiger partial charge on any atom is -0.493 e. The van der Waals surface area contributed by atoms with Gasteiger partial charge in [0.25, 0.3) is 11.8 Å². The number of hydrogen-bond acceptors (Lipinski definition) is 8. The van der Waals surface area contributed by atoms with Crippen molar-refractivity contribution >= 4 is 17.7 Å². The number of amides is 3. The molecule has 2 aliphatic heterocycles. The van der Waals surface area contributed by atoms with Crippen molar-refractivity contribution in [1.29, 1.82) is 0 Å². The maximum absolute atomic E-state index is 12.7. The molecule has 3 amide bonds. The molecule has 2 aromatic rings. The average Bonchev–Trinajstić information content (AvgIpc) is 3.30. The van der Waals surface area contributed by atoms with Crippen molar-refractivity contribution in [2.24, 2.45) is 0 Å². The van der Waals surface area contributed by atoms with Crippen molar-refractivity contribution in [3.05, 3.63) is 41.6 Å². The lowest BCUT2D eigenvalue weighted by Gasteiger charge is -2.24. The highest BCUT2D eigenvalue weighted by Gasteiger charge is 2.20. The second-order valence-electron chi connectivity index (χ2n) is 9.15. The van der Waals surface area contributed by atoms with E-state index in [1.807, 2.05) is 6.92 Å². The monoisotopic (exact) mass is 515 g/mol. The van der Waals surface area contributed by atoms with Crippen LogP contribution in [0.2, 0.25) is 0 Å². The number of oxazole rings is 1. The van der Waals surface area contributed by atoms with Crippen LogP contribution in [0.3, 0.4) is 0 Å². The SMILES string of the molecule is COc1cc2ccc1OCC(=O)N[C@@H](C)C(=O)N(C)CCCCN(Cc1coc(C)n1)CCCNC2=O. The molecular formula is C26H37N5O6. The molecule has 0 aliphatic carbocycles. The number of ether oxygens (including phenoxy) is 2. The lowest BCUT2D eigenvalue weighted by Crippen LogP contribution is -2.47. The van der Waals surface area contributed by atoms with Gasteiger partial charge in [-0.25, -0.2) is 4.98 Å². The maximum Gasteiger partial charge on any atom is 0.258 e. The Hall–Kier alpha value is -3.60. The topological polar surface area (TPSA) is 126 Å². The molecule has 2 aliphatic rings. The van der Waals surface area contributed by atoms with Gasteiger partial charge in [0.2, 0.25) is 5.91 Å². The molecule has 2 bridgehead atoms. The highest BCUT2D eigenvalue weighted by Crippen LogP contribution is 2.28. The van der Waals surface area contributed by atoms with Crippen LogP contribution >= 0.6 is 0 Å². The number of carbonyl (C=O) groups excluding carboxylic acids is 3. The normalized spacial score (nSPS) is 19.5. The number of fused-ring (bicyclic) bond motifs is 18. The summed E-state index contributed by atoms with van der Waals surface area (Å²) >= 11 is 0. The number of carbonyl (C=O) groups is 3. The lowest BCUT2D eigenvalue weighted by molar-refractivity contribution is -0.135. The molecular weight excluding hydrogens is 478 g/mol. The van der Waals surface area contributed by atoms with Crippen molar-refractivity contribution in [1.82, 2.24) is 25.4 Å². The Morgan fingerprint density at radius 1 is 1.14 bits per heavy atom. The van der Waals surface area contributed by atoms with Crippen molar-refractivity contribution in [2.45, 2.75) is 45.7 Å². The number of nitrogens with zero attached hydrogens (tertiary/aromatic N) is 3. The molecule has 202 valence electrons. The predicted octanol–water partition coefficient (Wildman–Crippen LogP) is 1.75. The lowest BCUT2D eigenvalue weighted by atomic mass is 10.2. The number of aryl methyl sites for hydroxylation is 1. The molecule has 0 saturated heterocycles. The standard InChI is InChI=1S/C26H37N5O6/c1-18-26(34)30(3)11-5-6-12-31(15-21-16-36-19(2)29-21)13-7-10-27-25(33)20-8-9-22(23(14-20)35-4)37-17-24(32)28-18/h8-9,14,16,18H,5-7,10-13,15,17H2,1-4H3,(H,27,33)(H,28,32)/t18-/m0/s1. The van der Waals surface area contributed by atoms with Crippen LogP contribution in [-0.2, 0) is 16.1 Å². The average molecular weight is 516 g/mol. The van der Waals surface area contributed by atoms with Crippen LogP contribution in [0.15, 0.2) is 28.9 Å². The molecule has 0 spiro atoms. The zero-order chi connectivity index (χ0) is 26.8. The van der Waals surface area contributed by atoms with Gasteiger partial charge in [0.15, 0.2) is 24.0 Å². The van der Waals surface area contributed by atoms with Crippen molar-refractivity contribution < 1.29 is 28.3 Å². The van der Waals surface area contributed by atoms with E-state index >= 15 is 0 Å². The third kappa shape index (κ3) is 8.49. The van der Waals surface area contributed by atoms with Crippen LogP contribution in [-0.4, -0.2) is 85.5 Å². The van der Waals surface area contributed by atoms with Crippen molar-refractivity contribution in [2.75, 3.05) is 46.9 Å². The van der Waals surface area contributed by atoms with Gasteiger partial charge >= 0.3 is 0 Å². The molecule has 0 unspecified atom stereocenters. The molecule has 37 heavy (non-hydrogen) atoms. The van der Waals surface area contributed by atoms with Gasteiger partial charge in [-0.2, -0.15) is 0 Å². The summed E-state index contributed by atoms with van der Waals surface area (Å²) in [7, 11) is 3.20. The number of rotatable bonds is 3. The smallest absolute Gasteiger partial charge is 0.258 e. The van der Waals surface area contributed by atoms with Gasteiger partial charge in [-0.15, -0.1) is 0 Å². The Kier molecular flexibility index (Phi) is 10.3. The van der Waals surface area contributed by atoms with E-state index in [0.29, 0.717) is 42.6 Å². The van der Waals surface area contributed by atoms with Crippen LogP contribution in [0.1, 0.15) is 48.1 Å². The summed E-state index contributed by atoms with van der Waals surface area (Å²) in [6.45, 7) is 6.47. The highest BCUT2D eigenvalue weighted by atomic mass is 16.5. The van der Waals surface area contributed by atoms with Gasteiger partial charge in [-0.05, 0) is 50.9 Å².